The number of hydrogen-bond donors (Lipinski definition) is 1. The first kappa shape index (κ1) is 14.8. The van der Waals surface area contributed by atoms with Crippen LogP contribution in [-0.2, 0) is 11.3 Å². The fraction of sp³-hybridized carbons (Fsp3) is 0.357. The van der Waals surface area contributed by atoms with Crippen LogP contribution in [0.5, 0.6) is 5.75 Å². The predicted molar refractivity (Wildman–Crippen MR) is 76.9 cm³/mol. The summed E-state index contributed by atoms with van der Waals surface area (Å²) in [4.78, 5) is 15.9. The summed E-state index contributed by atoms with van der Waals surface area (Å²) in [5.41, 5.74) is 6.56. The zero-order valence-electron chi connectivity index (χ0n) is 12.2. The van der Waals surface area contributed by atoms with Gasteiger partial charge in [-0.3, -0.25) is 0 Å². The highest BCUT2D eigenvalue weighted by atomic mass is 16.5. The summed E-state index contributed by atoms with van der Waals surface area (Å²) in [6.07, 6.45) is 1.47. The molecule has 2 rings (SSSR count). The van der Waals surface area contributed by atoms with Crippen molar-refractivity contribution in [1.82, 2.24) is 14.8 Å². The summed E-state index contributed by atoms with van der Waals surface area (Å²) in [7, 11) is 1.32. The van der Waals surface area contributed by atoms with Crippen LogP contribution in [0, 0.1) is 0 Å². The second-order valence-electron chi connectivity index (χ2n) is 4.75. The molecule has 0 atom stereocenters. The van der Waals surface area contributed by atoms with Gasteiger partial charge in [0, 0.05) is 17.8 Å². The fourth-order valence-corrected chi connectivity index (χ4v) is 1.89. The standard InChI is InChI=1S/C14H18N4O3/c1-9(2)18-13(16-8-17-18)7-21-12-6-10(15)4-5-11(12)14(19)20-3/h4-6,8-9H,7,15H2,1-3H3. The van der Waals surface area contributed by atoms with Crippen molar-refractivity contribution in [3.63, 3.8) is 0 Å². The molecule has 0 radical (unpaired) electrons. The van der Waals surface area contributed by atoms with Crippen LogP contribution in [0.2, 0.25) is 0 Å². The van der Waals surface area contributed by atoms with Crippen molar-refractivity contribution in [2.45, 2.75) is 26.5 Å². The molecule has 112 valence electrons. The minimum absolute atomic E-state index is 0.173. The minimum Gasteiger partial charge on any atom is -0.485 e. The predicted octanol–water partition coefficient (Wildman–Crippen LogP) is 1.81. The van der Waals surface area contributed by atoms with Gasteiger partial charge in [-0.25, -0.2) is 14.5 Å². The van der Waals surface area contributed by atoms with Gasteiger partial charge in [0.25, 0.3) is 0 Å². The number of ether oxygens (including phenoxy) is 2. The SMILES string of the molecule is COC(=O)c1ccc(N)cc1OCc1ncnn1C(C)C. The van der Waals surface area contributed by atoms with E-state index in [-0.39, 0.29) is 12.6 Å². The van der Waals surface area contributed by atoms with E-state index in [1.165, 1.54) is 13.4 Å². The molecule has 0 spiro atoms. The van der Waals surface area contributed by atoms with Crippen LogP contribution in [0.4, 0.5) is 5.69 Å². The van der Waals surface area contributed by atoms with Crippen LogP contribution in [0.25, 0.3) is 0 Å². The molecule has 1 heterocycles. The maximum absolute atomic E-state index is 11.7. The number of nitrogens with two attached hydrogens (primary N) is 1. The average molecular weight is 290 g/mol. The largest absolute Gasteiger partial charge is 0.485 e. The maximum atomic E-state index is 11.7. The molecule has 0 aliphatic heterocycles. The van der Waals surface area contributed by atoms with E-state index in [2.05, 4.69) is 10.1 Å². The first-order chi connectivity index (χ1) is 10.0. The van der Waals surface area contributed by atoms with Crippen LogP contribution in [0.3, 0.4) is 0 Å². The number of carbonyl (C=O) groups excluding carboxylic acids is 1. The second kappa shape index (κ2) is 6.25. The van der Waals surface area contributed by atoms with Gasteiger partial charge in [0.15, 0.2) is 5.82 Å². The van der Waals surface area contributed by atoms with E-state index >= 15 is 0 Å². The van der Waals surface area contributed by atoms with Gasteiger partial charge in [-0.05, 0) is 26.0 Å². The van der Waals surface area contributed by atoms with Gasteiger partial charge >= 0.3 is 5.97 Å². The first-order valence-corrected chi connectivity index (χ1v) is 6.52. The normalized spacial score (nSPS) is 10.7. The number of aromatic nitrogens is 3. The molecular formula is C14H18N4O3. The Morgan fingerprint density at radius 3 is 2.86 bits per heavy atom. The van der Waals surface area contributed by atoms with E-state index in [1.54, 1.807) is 22.9 Å². The van der Waals surface area contributed by atoms with Crippen molar-refractivity contribution in [3.05, 3.63) is 35.9 Å². The Labute approximate surface area is 122 Å². The highest BCUT2D eigenvalue weighted by molar-refractivity contribution is 5.93. The maximum Gasteiger partial charge on any atom is 0.341 e. The number of carbonyl (C=O) groups is 1. The van der Waals surface area contributed by atoms with Gasteiger partial charge in [0.05, 0.1) is 7.11 Å². The molecule has 7 heteroatoms. The highest BCUT2D eigenvalue weighted by Gasteiger charge is 2.15. The fourth-order valence-electron chi connectivity index (χ4n) is 1.89. The monoisotopic (exact) mass is 290 g/mol. The van der Waals surface area contributed by atoms with Crippen LogP contribution in [0.15, 0.2) is 24.5 Å². The number of methoxy groups -OCH3 is 1. The van der Waals surface area contributed by atoms with Crippen molar-refractivity contribution in [2.24, 2.45) is 0 Å². The van der Waals surface area contributed by atoms with Crippen molar-refractivity contribution >= 4 is 11.7 Å². The molecule has 0 saturated carbocycles. The zero-order valence-corrected chi connectivity index (χ0v) is 12.2. The molecular weight excluding hydrogens is 272 g/mol. The quantitative estimate of drug-likeness (QED) is 0.667. The highest BCUT2D eigenvalue weighted by Crippen LogP contribution is 2.23. The molecule has 2 aromatic rings. The van der Waals surface area contributed by atoms with Gasteiger partial charge in [0.2, 0.25) is 0 Å². The zero-order chi connectivity index (χ0) is 15.4. The Hall–Kier alpha value is -2.57. The van der Waals surface area contributed by atoms with Crippen molar-refractivity contribution in [3.8, 4) is 5.75 Å². The van der Waals surface area contributed by atoms with E-state index in [0.29, 0.717) is 22.8 Å². The molecule has 7 nitrogen and oxygen atoms in total. The molecule has 21 heavy (non-hydrogen) atoms. The lowest BCUT2D eigenvalue weighted by Crippen LogP contribution is -2.12. The van der Waals surface area contributed by atoms with Gasteiger partial charge < -0.3 is 15.2 Å². The van der Waals surface area contributed by atoms with Crippen molar-refractivity contribution < 1.29 is 14.3 Å². The van der Waals surface area contributed by atoms with Crippen LogP contribution in [0.1, 0.15) is 36.1 Å². The molecule has 0 unspecified atom stereocenters. The molecule has 1 aromatic carbocycles. The molecule has 0 amide bonds. The Bertz CT molecular complexity index is 637. The van der Waals surface area contributed by atoms with E-state index in [4.69, 9.17) is 15.2 Å². The number of nitrogen functional groups attached to an aromatic ring is 1. The number of rotatable bonds is 5. The second-order valence-corrected chi connectivity index (χ2v) is 4.75. The van der Waals surface area contributed by atoms with Crippen LogP contribution < -0.4 is 10.5 Å². The lowest BCUT2D eigenvalue weighted by atomic mass is 10.2. The Kier molecular flexibility index (Phi) is 4.42. The number of nitrogens with zero attached hydrogens (tertiary/aromatic N) is 3. The smallest absolute Gasteiger partial charge is 0.341 e. The Morgan fingerprint density at radius 1 is 1.43 bits per heavy atom. The third kappa shape index (κ3) is 3.31. The number of benzene rings is 1. The van der Waals surface area contributed by atoms with Crippen molar-refractivity contribution in [1.29, 1.82) is 0 Å². The van der Waals surface area contributed by atoms with Crippen LogP contribution in [-0.4, -0.2) is 27.8 Å². The summed E-state index contributed by atoms with van der Waals surface area (Å²) in [6.45, 7) is 4.18. The Morgan fingerprint density at radius 2 is 2.19 bits per heavy atom. The van der Waals surface area contributed by atoms with Gasteiger partial charge in [-0.1, -0.05) is 0 Å². The first-order valence-electron chi connectivity index (χ1n) is 6.52. The van der Waals surface area contributed by atoms with E-state index in [0.717, 1.165) is 0 Å². The summed E-state index contributed by atoms with van der Waals surface area (Å²) in [5, 5.41) is 4.13. The molecule has 0 bridgehead atoms. The summed E-state index contributed by atoms with van der Waals surface area (Å²) < 4.78 is 12.1. The molecule has 0 aliphatic rings. The average Bonchev–Trinajstić information content (AvgIpc) is 2.93. The lowest BCUT2D eigenvalue weighted by molar-refractivity contribution is 0.0595. The molecule has 1 aromatic heterocycles. The topological polar surface area (TPSA) is 92.3 Å². The molecule has 0 fully saturated rings. The molecule has 0 aliphatic carbocycles. The van der Waals surface area contributed by atoms with Gasteiger partial charge in [0.1, 0.15) is 24.2 Å². The summed E-state index contributed by atoms with van der Waals surface area (Å²) >= 11 is 0. The van der Waals surface area contributed by atoms with Gasteiger partial charge in [-0.15, -0.1) is 0 Å². The van der Waals surface area contributed by atoms with Gasteiger partial charge in [-0.2, -0.15) is 5.10 Å². The number of esters is 1. The summed E-state index contributed by atoms with van der Waals surface area (Å²) in [5.74, 6) is 0.554. The third-order valence-corrected chi connectivity index (χ3v) is 2.90. The van der Waals surface area contributed by atoms with E-state index < -0.39 is 5.97 Å². The number of anilines is 1. The minimum atomic E-state index is -0.477. The molecule has 2 N–H and O–H groups in total. The van der Waals surface area contributed by atoms with Crippen LogP contribution >= 0.6 is 0 Å². The lowest BCUT2D eigenvalue weighted by Gasteiger charge is -2.13. The molecule has 0 saturated heterocycles. The number of hydrogen-bond acceptors (Lipinski definition) is 6. The van der Waals surface area contributed by atoms with E-state index in [1.807, 2.05) is 13.8 Å². The van der Waals surface area contributed by atoms with Crippen molar-refractivity contribution in [2.75, 3.05) is 12.8 Å². The van der Waals surface area contributed by atoms with E-state index in [9.17, 15) is 4.79 Å². The summed E-state index contributed by atoms with van der Waals surface area (Å²) in [6, 6.07) is 4.95. The Balaban J connectivity index is 2.21. The third-order valence-electron chi connectivity index (χ3n) is 2.90.